The topological polar surface area (TPSA) is 104 Å². The van der Waals surface area contributed by atoms with Crippen LogP contribution in [0.1, 0.15) is 28.2 Å². The lowest BCUT2D eigenvalue weighted by Gasteiger charge is -2.19. The van der Waals surface area contributed by atoms with E-state index in [2.05, 4.69) is 40.6 Å². The van der Waals surface area contributed by atoms with Crippen molar-refractivity contribution in [2.24, 2.45) is 0 Å². The zero-order valence-corrected chi connectivity index (χ0v) is 23.6. The predicted molar refractivity (Wildman–Crippen MR) is 161 cm³/mol. The van der Waals surface area contributed by atoms with Crippen molar-refractivity contribution in [3.8, 4) is 17.2 Å². The van der Waals surface area contributed by atoms with E-state index in [9.17, 15) is 9.59 Å². The number of hydrogen-bond acceptors (Lipinski definition) is 6. The number of para-hydroxylation sites is 1. The molecule has 42 heavy (non-hydrogen) atoms. The van der Waals surface area contributed by atoms with Crippen molar-refractivity contribution >= 4 is 34.7 Å². The Morgan fingerprint density at radius 2 is 1.57 bits per heavy atom. The molecule has 2 N–H and O–H groups in total. The molecule has 1 heterocycles. The van der Waals surface area contributed by atoms with E-state index in [1.165, 1.54) is 18.9 Å². The second-order valence-electron chi connectivity index (χ2n) is 9.97. The van der Waals surface area contributed by atoms with E-state index in [0.29, 0.717) is 5.56 Å². The lowest BCUT2D eigenvalue weighted by Crippen LogP contribution is -2.43. The van der Waals surface area contributed by atoms with E-state index in [1.807, 2.05) is 60.7 Å². The quantitative estimate of drug-likeness (QED) is 0.198. The van der Waals surface area contributed by atoms with Crippen molar-refractivity contribution in [1.29, 1.82) is 5.26 Å². The third kappa shape index (κ3) is 5.35. The van der Waals surface area contributed by atoms with Gasteiger partial charge >= 0.3 is 12.1 Å². The fourth-order valence-electron chi connectivity index (χ4n) is 5.50. The summed E-state index contributed by atoms with van der Waals surface area (Å²) in [5, 5.41) is 13.7. The molecule has 0 spiro atoms. The number of aromatic amines is 1. The van der Waals surface area contributed by atoms with E-state index >= 15 is 0 Å². The highest BCUT2D eigenvalue weighted by Crippen LogP contribution is 2.44. The number of rotatable bonds is 8. The molecule has 0 saturated heterocycles. The second kappa shape index (κ2) is 11.9. The van der Waals surface area contributed by atoms with Crippen LogP contribution in [0.25, 0.3) is 22.0 Å². The summed E-state index contributed by atoms with van der Waals surface area (Å²) < 4.78 is 10.8. The summed E-state index contributed by atoms with van der Waals surface area (Å²) in [6.45, 7) is 0.140. The predicted octanol–water partition coefficient (Wildman–Crippen LogP) is 6.81. The van der Waals surface area contributed by atoms with Crippen LogP contribution in [-0.2, 0) is 20.7 Å². The van der Waals surface area contributed by atoms with E-state index in [1.54, 1.807) is 12.1 Å². The Kier molecular flexibility index (Phi) is 7.67. The lowest BCUT2D eigenvalue weighted by molar-refractivity contribution is -0.143. The Bertz CT molecular complexity index is 1780. The van der Waals surface area contributed by atoms with Gasteiger partial charge in [0.2, 0.25) is 0 Å². The molecular weight excluding hydrogens is 546 g/mol. The number of aromatic nitrogens is 1. The van der Waals surface area contributed by atoms with Crippen LogP contribution in [0.4, 0.5) is 4.79 Å². The number of nitrogens with one attached hydrogen (secondary N) is 2. The summed E-state index contributed by atoms with van der Waals surface area (Å²) >= 11 is 1.49. The molecule has 0 radical (unpaired) electrons. The van der Waals surface area contributed by atoms with Gasteiger partial charge in [-0.2, -0.15) is 5.26 Å². The van der Waals surface area contributed by atoms with Gasteiger partial charge in [0.1, 0.15) is 12.6 Å². The van der Waals surface area contributed by atoms with Gasteiger partial charge in [-0.3, -0.25) is 0 Å². The van der Waals surface area contributed by atoms with Crippen molar-refractivity contribution in [3.63, 3.8) is 0 Å². The monoisotopic (exact) mass is 573 g/mol. The fourth-order valence-corrected chi connectivity index (χ4v) is 6.49. The fraction of sp³-hybridized carbons (Fsp3) is 0.147. The summed E-state index contributed by atoms with van der Waals surface area (Å²) in [7, 11) is 1.30. The molecule has 6 rings (SSSR count). The Hall–Kier alpha value is -5.00. The SMILES string of the molecule is COC(=O)[C@H](Cc1c(Sc2ccc(C#N)cc2)[nH]c2ccccc12)NC(=O)OCC1c2ccccc2-c2ccccc21. The Morgan fingerprint density at radius 3 is 2.24 bits per heavy atom. The van der Waals surface area contributed by atoms with Gasteiger partial charge in [-0.15, -0.1) is 0 Å². The first-order chi connectivity index (χ1) is 20.6. The number of H-pyrrole nitrogens is 1. The highest BCUT2D eigenvalue weighted by atomic mass is 32.2. The van der Waals surface area contributed by atoms with Crippen LogP contribution in [0.15, 0.2) is 107 Å². The van der Waals surface area contributed by atoms with Crippen molar-refractivity contribution in [3.05, 3.63) is 119 Å². The number of ether oxygens (including phenoxy) is 2. The number of amides is 1. The number of alkyl carbamates (subject to hydrolysis) is 1. The van der Waals surface area contributed by atoms with Gasteiger partial charge in [-0.25, -0.2) is 9.59 Å². The average molecular weight is 574 g/mol. The summed E-state index contributed by atoms with van der Waals surface area (Å²) in [6, 6.07) is 32.5. The van der Waals surface area contributed by atoms with Crippen molar-refractivity contribution in [2.45, 2.75) is 28.3 Å². The zero-order valence-electron chi connectivity index (χ0n) is 22.8. The van der Waals surface area contributed by atoms with Gasteiger partial charge in [0.05, 0.1) is 23.8 Å². The summed E-state index contributed by atoms with van der Waals surface area (Å²) in [4.78, 5) is 30.4. The normalized spacial score (nSPS) is 12.7. The van der Waals surface area contributed by atoms with Crippen molar-refractivity contribution < 1.29 is 19.1 Å². The number of nitrogens with zero attached hydrogens (tertiary/aromatic N) is 1. The molecule has 0 saturated carbocycles. The van der Waals surface area contributed by atoms with E-state index < -0.39 is 18.1 Å². The van der Waals surface area contributed by atoms with Crippen molar-refractivity contribution in [2.75, 3.05) is 13.7 Å². The molecule has 1 aromatic heterocycles. The standard InChI is InChI=1S/C34H27N3O4S/c1-40-33(38)31(37-34(39)41-20-29-25-10-4-2-8-23(25)24-9-3-5-11-26(24)29)18-28-27-12-6-7-13-30(27)36-32(28)42-22-16-14-21(19-35)15-17-22/h2-17,29,31,36H,18,20H2,1H3,(H,37,39)/t31-/m0/s1. The highest BCUT2D eigenvalue weighted by Gasteiger charge is 2.30. The molecule has 0 fully saturated rings. The average Bonchev–Trinajstić information content (AvgIpc) is 3.54. The van der Waals surface area contributed by atoms with Crippen molar-refractivity contribution in [1.82, 2.24) is 10.3 Å². The molecular formula is C34H27N3O4S. The van der Waals surface area contributed by atoms with Crippen LogP contribution in [0, 0.1) is 11.3 Å². The molecule has 1 aliphatic rings. The highest BCUT2D eigenvalue weighted by molar-refractivity contribution is 7.99. The maximum Gasteiger partial charge on any atom is 0.407 e. The van der Waals surface area contributed by atoms with Crippen LogP contribution in [0.2, 0.25) is 0 Å². The van der Waals surface area contributed by atoms with Crippen LogP contribution in [0.3, 0.4) is 0 Å². The van der Waals surface area contributed by atoms with E-state index in [0.717, 1.165) is 48.6 Å². The van der Waals surface area contributed by atoms with Crippen LogP contribution in [-0.4, -0.2) is 36.8 Å². The molecule has 0 aliphatic heterocycles. The summed E-state index contributed by atoms with van der Waals surface area (Å²) in [5.41, 5.74) is 6.86. The molecule has 8 heteroatoms. The lowest BCUT2D eigenvalue weighted by atomic mass is 9.98. The van der Waals surface area contributed by atoms with Crippen LogP contribution < -0.4 is 5.32 Å². The minimum Gasteiger partial charge on any atom is -0.467 e. The van der Waals surface area contributed by atoms with Gasteiger partial charge in [0.25, 0.3) is 0 Å². The molecule has 208 valence electrons. The number of nitriles is 1. The second-order valence-corrected chi connectivity index (χ2v) is 11.1. The molecule has 0 bridgehead atoms. The van der Waals surface area contributed by atoms with Gasteiger partial charge in [-0.05, 0) is 58.1 Å². The Morgan fingerprint density at radius 1 is 0.929 bits per heavy atom. The van der Waals surface area contributed by atoms with Gasteiger partial charge in [0, 0.05) is 28.1 Å². The molecule has 4 aromatic carbocycles. The number of fused-ring (bicyclic) bond motifs is 4. The molecule has 0 unspecified atom stereocenters. The van der Waals surface area contributed by atoms with Gasteiger partial charge < -0.3 is 19.8 Å². The Labute approximate surface area is 247 Å². The maximum atomic E-state index is 13.1. The number of carbonyl (C=O) groups excluding carboxylic acids is 2. The minimum atomic E-state index is -0.967. The molecule has 7 nitrogen and oxygen atoms in total. The molecule has 1 atom stereocenters. The first-order valence-corrected chi connectivity index (χ1v) is 14.3. The van der Waals surface area contributed by atoms with E-state index in [-0.39, 0.29) is 18.9 Å². The summed E-state index contributed by atoms with van der Waals surface area (Å²) in [6.07, 6.45) is -0.493. The third-order valence-corrected chi connectivity index (χ3v) is 8.57. The maximum absolute atomic E-state index is 13.1. The van der Waals surface area contributed by atoms with Gasteiger partial charge in [-0.1, -0.05) is 78.5 Å². The summed E-state index contributed by atoms with van der Waals surface area (Å²) in [5.74, 6) is -0.660. The smallest absolute Gasteiger partial charge is 0.407 e. The molecule has 1 aliphatic carbocycles. The number of hydrogen-bond donors (Lipinski definition) is 2. The van der Waals surface area contributed by atoms with E-state index in [4.69, 9.17) is 14.7 Å². The number of methoxy groups -OCH3 is 1. The number of benzene rings is 4. The van der Waals surface area contributed by atoms with Crippen LogP contribution >= 0.6 is 11.8 Å². The first kappa shape index (κ1) is 27.2. The first-order valence-electron chi connectivity index (χ1n) is 13.5. The number of esters is 1. The molecule has 1 amide bonds. The number of carbonyl (C=O) groups is 2. The zero-order chi connectivity index (χ0) is 29.1. The van der Waals surface area contributed by atoms with Crippen LogP contribution in [0.5, 0.6) is 0 Å². The Balaban J connectivity index is 1.21. The van der Waals surface area contributed by atoms with Gasteiger partial charge in [0.15, 0.2) is 0 Å². The largest absolute Gasteiger partial charge is 0.467 e. The minimum absolute atomic E-state index is 0.0937. The third-order valence-electron chi connectivity index (χ3n) is 7.51. The molecule has 5 aromatic rings.